The van der Waals surface area contributed by atoms with Crippen LogP contribution in [0.4, 0.5) is 10.7 Å². The molecule has 2 amide bonds. The van der Waals surface area contributed by atoms with Crippen LogP contribution < -0.4 is 22.1 Å². The fourth-order valence-corrected chi connectivity index (χ4v) is 0.767. The van der Waals surface area contributed by atoms with Gasteiger partial charge in [-0.25, -0.2) is 21.5 Å². The highest BCUT2D eigenvalue weighted by Crippen LogP contribution is 2.01. The molecule has 1 aromatic rings. The van der Waals surface area contributed by atoms with Crippen molar-refractivity contribution in [1.82, 2.24) is 20.4 Å². The molecule has 0 aromatic carbocycles. The Morgan fingerprint density at radius 2 is 2.36 bits per heavy atom. The van der Waals surface area contributed by atoms with E-state index < -0.39 is 6.03 Å². The molecule has 0 saturated carbocycles. The van der Waals surface area contributed by atoms with Gasteiger partial charge in [0.25, 0.3) is 5.95 Å². The third kappa shape index (κ3) is 2.12. The minimum absolute atomic E-state index is 0.0554. The lowest BCUT2D eigenvalue weighted by Crippen LogP contribution is -2.48. The van der Waals surface area contributed by atoms with Gasteiger partial charge >= 0.3 is 6.03 Å². The monoisotopic (exact) mass is 197 g/mol. The van der Waals surface area contributed by atoms with Crippen LogP contribution in [0.2, 0.25) is 0 Å². The van der Waals surface area contributed by atoms with Crippen molar-refractivity contribution in [2.24, 2.45) is 11.7 Å². The fraction of sp³-hybridized carbons (Fsp3) is 0.333. The van der Waals surface area contributed by atoms with E-state index >= 15 is 0 Å². The van der Waals surface area contributed by atoms with E-state index in [2.05, 4.69) is 15.0 Å². The van der Waals surface area contributed by atoms with Gasteiger partial charge in [-0.05, 0) is 0 Å². The molecule has 0 aliphatic carbocycles. The first-order valence-electron chi connectivity index (χ1n) is 3.92. The number of hydrogen-bond donors (Lipinski definition) is 3. The summed E-state index contributed by atoms with van der Waals surface area (Å²) in [6.45, 7) is 1.88. The number of hydrogen-bond acceptors (Lipinski definition) is 6. The largest absolute Gasteiger partial charge is 0.353 e. The Labute approximate surface area is 80.3 Å². The molecule has 0 spiro atoms. The quantitative estimate of drug-likeness (QED) is 0.307. The fourth-order valence-electron chi connectivity index (χ4n) is 0.767. The minimum atomic E-state index is -0.696. The number of nitrogens with zero attached hydrogens (tertiary/aromatic N) is 4. The van der Waals surface area contributed by atoms with Gasteiger partial charge in [0.1, 0.15) is 12.2 Å². The second kappa shape index (κ2) is 4.44. The Bertz CT molecular complexity index is 328. The number of nitrogens with two attached hydrogens (primary N) is 2. The van der Waals surface area contributed by atoms with E-state index in [9.17, 15) is 4.79 Å². The molecule has 5 N–H and O–H groups in total. The van der Waals surface area contributed by atoms with Gasteiger partial charge in [-0.15, -0.1) is 0 Å². The highest BCUT2D eigenvalue weighted by molar-refractivity contribution is 5.88. The number of anilines is 1. The molecule has 8 nitrogen and oxygen atoms in total. The normalized spacial score (nSPS) is 9.64. The van der Waals surface area contributed by atoms with Crippen LogP contribution in [0.1, 0.15) is 12.7 Å². The van der Waals surface area contributed by atoms with Crippen molar-refractivity contribution >= 4 is 12.0 Å². The molecule has 0 fully saturated rings. The second-order valence-electron chi connectivity index (χ2n) is 2.37. The van der Waals surface area contributed by atoms with Gasteiger partial charge in [0, 0.05) is 6.42 Å². The lowest BCUT2D eigenvalue weighted by atomic mass is 10.5. The molecule has 14 heavy (non-hydrogen) atoms. The lowest BCUT2D eigenvalue weighted by Gasteiger charge is -2.12. The van der Waals surface area contributed by atoms with E-state index in [4.69, 9.17) is 11.7 Å². The number of carbonyl (C=O) groups excluding carboxylic acids is 1. The Balaban J connectivity index is 2.89. The molecule has 0 unspecified atom stereocenters. The first kappa shape index (κ1) is 10.3. The van der Waals surface area contributed by atoms with Crippen molar-refractivity contribution < 1.29 is 4.79 Å². The number of hydrazine groups is 2. The molecule has 0 saturated heterocycles. The summed E-state index contributed by atoms with van der Waals surface area (Å²) < 4.78 is 0. The standard InChI is InChI=1S/C6H11N7O/c1-2-4-9-3-10-5(11-4)13(8)6(14)12-7/h3H,2,7-8H2,1H3,(H,12,14). The number of amides is 2. The van der Waals surface area contributed by atoms with Crippen LogP contribution in [0.25, 0.3) is 0 Å². The van der Waals surface area contributed by atoms with Gasteiger partial charge in [0.15, 0.2) is 0 Å². The number of aryl methyl sites for hydroxylation is 1. The van der Waals surface area contributed by atoms with Crippen LogP contribution in [-0.4, -0.2) is 21.0 Å². The summed E-state index contributed by atoms with van der Waals surface area (Å²) in [4.78, 5) is 22.5. The highest BCUT2D eigenvalue weighted by atomic mass is 16.2. The van der Waals surface area contributed by atoms with Gasteiger partial charge in [-0.1, -0.05) is 6.92 Å². The minimum Gasteiger partial charge on any atom is -0.274 e. The zero-order chi connectivity index (χ0) is 10.6. The van der Waals surface area contributed by atoms with Crippen molar-refractivity contribution in [2.75, 3.05) is 5.01 Å². The smallest absolute Gasteiger partial charge is 0.274 e. The van der Waals surface area contributed by atoms with Crippen LogP contribution in [0.5, 0.6) is 0 Å². The number of nitrogens with one attached hydrogen (secondary N) is 1. The Hall–Kier alpha value is -1.80. The molecule has 0 aliphatic heterocycles. The Morgan fingerprint density at radius 3 is 2.93 bits per heavy atom. The third-order valence-electron chi connectivity index (χ3n) is 1.48. The van der Waals surface area contributed by atoms with Gasteiger partial charge in [-0.2, -0.15) is 15.0 Å². The van der Waals surface area contributed by atoms with E-state index in [1.54, 1.807) is 0 Å². The summed E-state index contributed by atoms with van der Waals surface area (Å²) in [5, 5.41) is 0.709. The van der Waals surface area contributed by atoms with Gasteiger partial charge in [-0.3, -0.25) is 5.43 Å². The molecule has 0 atom stereocenters. The summed E-state index contributed by atoms with van der Waals surface area (Å²) in [6.07, 6.45) is 1.92. The predicted molar refractivity (Wildman–Crippen MR) is 48.6 cm³/mol. The Kier molecular flexibility index (Phi) is 3.26. The molecular weight excluding hydrogens is 186 g/mol. The van der Waals surface area contributed by atoms with Crippen molar-refractivity contribution in [3.63, 3.8) is 0 Å². The number of carbonyl (C=O) groups is 1. The van der Waals surface area contributed by atoms with Crippen LogP contribution in [-0.2, 0) is 6.42 Å². The average Bonchev–Trinajstić information content (AvgIpc) is 2.27. The predicted octanol–water partition coefficient (Wildman–Crippen LogP) is -1.30. The topological polar surface area (TPSA) is 123 Å². The van der Waals surface area contributed by atoms with E-state index in [0.29, 0.717) is 17.3 Å². The van der Waals surface area contributed by atoms with Crippen LogP contribution >= 0.6 is 0 Å². The molecule has 76 valence electrons. The molecule has 0 aliphatic rings. The van der Waals surface area contributed by atoms with Crippen LogP contribution in [0.15, 0.2) is 6.33 Å². The average molecular weight is 197 g/mol. The maximum Gasteiger partial charge on any atom is 0.353 e. The summed E-state index contributed by atoms with van der Waals surface area (Å²) in [5.41, 5.74) is 1.86. The van der Waals surface area contributed by atoms with Crippen LogP contribution in [0, 0.1) is 0 Å². The van der Waals surface area contributed by atoms with Crippen molar-refractivity contribution in [1.29, 1.82) is 0 Å². The lowest BCUT2D eigenvalue weighted by molar-refractivity contribution is 0.246. The molecule has 0 radical (unpaired) electrons. The summed E-state index contributed by atoms with van der Waals surface area (Å²) in [5.74, 6) is 10.9. The molecule has 1 aromatic heterocycles. The summed E-state index contributed by atoms with van der Waals surface area (Å²) >= 11 is 0. The highest BCUT2D eigenvalue weighted by Gasteiger charge is 2.13. The van der Waals surface area contributed by atoms with Crippen molar-refractivity contribution in [2.45, 2.75) is 13.3 Å². The molecule has 1 heterocycles. The zero-order valence-corrected chi connectivity index (χ0v) is 7.64. The second-order valence-corrected chi connectivity index (χ2v) is 2.37. The molecule has 0 bridgehead atoms. The number of urea groups is 1. The van der Waals surface area contributed by atoms with E-state index in [-0.39, 0.29) is 5.95 Å². The molecule has 1 rings (SSSR count). The third-order valence-corrected chi connectivity index (χ3v) is 1.48. The Morgan fingerprint density at radius 1 is 1.64 bits per heavy atom. The van der Waals surface area contributed by atoms with E-state index in [0.717, 1.165) is 0 Å². The van der Waals surface area contributed by atoms with E-state index in [1.807, 2.05) is 12.3 Å². The summed E-state index contributed by atoms with van der Waals surface area (Å²) in [7, 11) is 0. The first-order chi connectivity index (χ1) is 6.69. The van der Waals surface area contributed by atoms with Gasteiger partial charge in [0.2, 0.25) is 0 Å². The first-order valence-corrected chi connectivity index (χ1v) is 3.92. The van der Waals surface area contributed by atoms with Crippen molar-refractivity contribution in [3.8, 4) is 0 Å². The van der Waals surface area contributed by atoms with Crippen molar-refractivity contribution in [3.05, 3.63) is 12.2 Å². The molecule has 8 heteroatoms. The van der Waals surface area contributed by atoms with Crippen LogP contribution in [0.3, 0.4) is 0 Å². The maximum atomic E-state index is 11.0. The zero-order valence-electron chi connectivity index (χ0n) is 7.64. The van der Waals surface area contributed by atoms with E-state index in [1.165, 1.54) is 6.33 Å². The van der Waals surface area contributed by atoms with Gasteiger partial charge in [0.05, 0.1) is 0 Å². The number of aromatic nitrogens is 3. The van der Waals surface area contributed by atoms with Gasteiger partial charge < -0.3 is 0 Å². The maximum absolute atomic E-state index is 11.0. The summed E-state index contributed by atoms with van der Waals surface area (Å²) in [6, 6.07) is -0.696. The SMILES string of the molecule is CCc1ncnc(N(N)C(=O)NN)n1. The molecular formula is C6H11N7O. The number of rotatable bonds is 2.